The van der Waals surface area contributed by atoms with Crippen molar-refractivity contribution in [2.24, 2.45) is 0 Å². The Balaban J connectivity index is 3.93. The normalized spacial score (nSPS) is 14.5. The molecule has 0 spiro atoms. The average molecular weight is 393 g/mol. The molecule has 0 aromatic rings. The van der Waals surface area contributed by atoms with Gasteiger partial charge in [0.25, 0.3) is 10.1 Å². The quantitative estimate of drug-likeness (QED) is 0.200. The van der Waals surface area contributed by atoms with Crippen molar-refractivity contribution in [3.8, 4) is 0 Å². The van der Waals surface area contributed by atoms with Crippen LogP contribution in [0.2, 0.25) is 0 Å². The standard InChI is InChI=1S/C21H44O4S/c1-3-5-7-9-11-13-14-16-18-20(22)21(26(23,24)25)19-17-15-12-10-8-6-4-2/h20-22H,3-19H2,1-2H3,(H,23,24,25). The van der Waals surface area contributed by atoms with Crippen LogP contribution in [0, 0.1) is 0 Å². The van der Waals surface area contributed by atoms with E-state index in [9.17, 15) is 18.1 Å². The van der Waals surface area contributed by atoms with Crippen molar-refractivity contribution in [1.82, 2.24) is 0 Å². The predicted molar refractivity (Wildman–Crippen MR) is 111 cm³/mol. The molecule has 0 aliphatic rings. The van der Waals surface area contributed by atoms with E-state index in [0.29, 0.717) is 12.8 Å². The minimum Gasteiger partial charge on any atom is -0.392 e. The van der Waals surface area contributed by atoms with Crippen molar-refractivity contribution in [3.05, 3.63) is 0 Å². The van der Waals surface area contributed by atoms with Gasteiger partial charge in [-0.05, 0) is 12.8 Å². The van der Waals surface area contributed by atoms with E-state index in [2.05, 4.69) is 13.8 Å². The van der Waals surface area contributed by atoms with E-state index in [4.69, 9.17) is 0 Å². The van der Waals surface area contributed by atoms with Gasteiger partial charge in [-0.1, -0.05) is 110 Å². The first kappa shape index (κ1) is 25.9. The first-order chi connectivity index (χ1) is 12.4. The minimum atomic E-state index is -4.17. The van der Waals surface area contributed by atoms with Gasteiger partial charge in [0, 0.05) is 0 Å². The third-order valence-electron chi connectivity index (χ3n) is 5.26. The zero-order valence-corrected chi connectivity index (χ0v) is 18.1. The van der Waals surface area contributed by atoms with Gasteiger partial charge >= 0.3 is 0 Å². The zero-order valence-electron chi connectivity index (χ0n) is 17.3. The molecule has 5 heteroatoms. The Morgan fingerprint density at radius 2 is 0.962 bits per heavy atom. The fourth-order valence-corrected chi connectivity index (χ4v) is 4.51. The molecule has 0 bridgehead atoms. The maximum atomic E-state index is 11.6. The molecule has 0 fully saturated rings. The fraction of sp³-hybridized carbons (Fsp3) is 1.00. The number of unbranched alkanes of at least 4 members (excludes halogenated alkanes) is 13. The lowest BCUT2D eigenvalue weighted by Crippen LogP contribution is -2.33. The molecule has 0 saturated heterocycles. The Morgan fingerprint density at radius 1 is 0.615 bits per heavy atom. The topological polar surface area (TPSA) is 74.6 Å². The highest BCUT2D eigenvalue weighted by Crippen LogP contribution is 2.20. The summed E-state index contributed by atoms with van der Waals surface area (Å²) in [5, 5.41) is 9.24. The first-order valence-corrected chi connectivity index (χ1v) is 12.6. The molecule has 26 heavy (non-hydrogen) atoms. The molecule has 0 aromatic heterocycles. The third kappa shape index (κ3) is 15.0. The van der Waals surface area contributed by atoms with Crippen molar-refractivity contribution in [2.75, 3.05) is 0 Å². The van der Waals surface area contributed by atoms with Crippen LogP contribution in [-0.2, 0) is 10.1 Å². The summed E-state index contributed by atoms with van der Waals surface area (Å²) < 4.78 is 32.7. The molecule has 2 atom stereocenters. The van der Waals surface area contributed by atoms with Crippen LogP contribution in [-0.4, -0.2) is 29.4 Å². The lowest BCUT2D eigenvalue weighted by atomic mass is 10.0. The van der Waals surface area contributed by atoms with Gasteiger partial charge < -0.3 is 5.11 Å². The van der Waals surface area contributed by atoms with Crippen LogP contribution in [0.1, 0.15) is 123 Å². The van der Waals surface area contributed by atoms with Crippen LogP contribution in [0.25, 0.3) is 0 Å². The summed E-state index contributed by atoms with van der Waals surface area (Å²) in [6, 6.07) is 0. The smallest absolute Gasteiger partial charge is 0.270 e. The molecule has 2 N–H and O–H groups in total. The second-order valence-electron chi connectivity index (χ2n) is 7.79. The van der Waals surface area contributed by atoms with Crippen molar-refractivity contribution in [2.45, 2.75) is 134 Å². The number of hydrogen-bond acceptors (Lipinski definition) is 3. The van der Waals surface area contributed by atoms with Gasteiger partial charge in [-0.25, -0.2) is 0 Å². The Morgan fingerprint density at radius 3 is 1.35 bits per heavy atom. The largest absolute Gasteiger partial charge is 0.392 e. The number of rotatable bonds is 19. The second-order valence-corrected chi connectivity index (χ2v) is 9.43. The molecule has 158 valence electrons. The fourth-order valence-electron chi connectivity index (χ4n) is 3.52. The van der Waals surface area contributed by atoms with Crippen LogP contribution in [0.3, 0.4) is 0 Å². The van der Waals surface area contributed by atoms with E-state index in [-0.39, 0.29) is 0 Å². The average Bonchev–Trinajstić information content (AvgIpc) is 2.58. The number of hydrogen-bond donors (Lipinski definition) is 2. The van der Waals surface area contributed by atoms with Gasteiger partial charge in [0.05, 0.1) is 6.10 Å². The molecule has 0 rings (SSSR count). The predicted octanol–water partition coefficient (Wildman–Crippen LogP) is 6.28. The molecule has 2 unspecified atom stereocenters. The van der Waals surface area contributed by atoms with Gasteiger partial charge in [0.15, 0.2) is 0 Å². The van der Waals surface area contributed by atoms with Crippen molar-refractivity contribution in [3.63, 3.8) is 0 Å². The van der Waals surface area contributed by atoms with Gasteiger partial charge in [0.1, 0.15) is 5.25 Å². The minimum absolute atomic E-state index is 0.366. The van der Waals surface area contributed by atoms with Crippen molar-refractivity contribution in [1.29, 1.82) is 0 Å². The van der Waals surface area contributed by atoms with Gasteiger partial charge in [-0.3, -0.25) is 4.55 Å². The molecule has 0 amide bonds. The molecule has 4 nitrogen and oxygen atoms in total. The summed E-state index contributed by atoms with van der Waals surface area (Å²) in [5.41, 5.74) is 0. The number of aliphatic hydroxyl groups excluding tert-OH is 1. The van der Waals surface area contributed by atoms with Gasteiger partial charge in [-0.2, -0.15) is 8.42 Å². The summed E-state index contributed by atoms with van der Waals surface area (Å²) >= 11 is 0. The zero-order chi connectivity index (χ0) is 19.7. The Labute approximate surface area is 162 Å². The van der Waals surface area contributed by atoms with E-state index in [1.54, 1.807) is 0 Å². The van der Waals surface area contributed by atoms with E-state index in [1.165, 1.54) is 57.8 Å². The van der Waals surface area contributed by atoms with Crippen LogP contribution in [0.15, 0.2) is 0 Å². The summed E-state index contributed by atoms with van der Waals surface area (Å²) in [5.74, 6) is 0. The molecule has 0 aliphatic heterocycles. The van der Waals surface area contributed by atoms with Gasteiger partial charge in [0.2, 0.25) is 0 Å². The summed E-state index contributed by atoms with van der Waals surface area (Å²) in [6.45, 7) is 4.39. The molecule has 0 radical (unpaired) electrons. The lowest BCUT2D eigenvalue weighted by molar-refractivity contribution is 0.146. The van der Waals surface area contributed by atoms with E-state index >= 15 is 0 Å². The monoisotopic (exact) mass is 392 g/mol. The maximum Gasteiger partial charge on any atom is 0.270 e. The molecule has 0 aliphatic carbocycles. The van der Waals surface area contributed by atoms with E-state index < -0.39 is 21.5 Å². The summed E-state index contributed by atoms with van der Waals surface area (Å²) in [6.07, 6.45) is 17.0. The van der Waals surface area contributed by atoms with Crippen LogP contribution in [0.4, 0.5) is 0 Å². The second kappa shape index (κ2) is 17.0. The highest BCUT2D eigenvalue weighted by Gasteiger charge is 2.29. The van der Waals surface area contributed by atoms with Crippen LogP contribution in [0.5, 0.6) is 0 Å². The highest BCUT2D eigenvalue weighted by atomic mass is 32.2. The highest BCUT2D eigenvalue weighted by molar-refractivity contribution is 7.86. The molecular weight excluding hydrogens is 348 g/mol. The Kier molecular flexibility index (Phi) is 16.9. The van der Waals surface area contributed by atoms with Gasteiger partial charge in [-0.15, -0.1) is 0 Å². The van der Waals surface area contributed by atoms with Crippen LogP contribution >= 0.6 is 0 Å². The number of aliphatic hydroxyl groups is 1. The SMILES string of the molecule is CCCCCCCCCCC(O)C(CCCCCCCCC)S(=O)(=O)O. The van der Waals surface area contributed by atoms with Crippen molar-refractivity contribution >= 4 is 10.1 Å². The molecular formula is C21H44O4S. The van der Waals surface area contributed by atoms with E-state index in [0.717, 1.165) is 38.5 Å². The molecule has 0 aromatic carbocycles. The lowest BCUT2D eigenvalue weighted by Gasteiger charge is -2.20. The first-order valence-electron chi connectivity index (χ1n) is 11.1. The molecule has 0 heterocycles. The third-order valence-corrected chi connectivity index (χ3v) is 6.57. The summed E-state index contributed by atoms with van der Waals surface area (Å²) in [7, 11) is -4.17. The van der Waals surface area contributed by atoms with Crippen molar-refractivity contribution < 1.29 is 18.1 Å². The Bertz CT molecular complexity index is 395. The van der Waals surface area contributed by atoms with Crippen LogP contribution < -0.4 is 0 Å². The Hall–Kier alpha value is -0.130. The van der Waals surface area contributed by atoms with E-state index in [1.807, 2.05) is 0 Å². The maximum absolute atomic E-state index is 11.6. The molecule has 0 saturated carbocycles. The summed E-state index contributed by atoms with van der Waals surface area (Å²) in [4.78, 5) is 0.